The van der Waals surface area contributed by atoms with E-state index < -0.39 is 18.2 Å². The zero-order valence-electron chi connectivity index (χ0n) is 13.2. The summed E-state index contributed by atoms with van der Waals surface area (Å²) in [5, 5.41) is 23.3. The highest BCUT2D eigenvalue weighted by molar-refractivity contribution is 6.30. The number of hydrogen-bond donors (Lipinski definition) is 2. The van der Waals surface area contributed by atoms with E-state index in [-0.39, 0.29) is 17.5 Å². The number of amides is 1. The van der Waals surface area contributed by atoms with Gasteiger partial charge in [0.25, 0.3) is 0 Å². The Morgan fingerprint density at radius 3 is 2.83 bits per heavy atom. The van der Waals surface area contributed by atoms with E-state index in [0.717, 1.165) is 12.8 Å². The molecule has 24 heavy (non-hydrogen) atoms. The molecule has 0 radical (unpaired) electrons. The molecule has 1 unspecified atom stereocenters. The molecule has 0 saturated heterocycles. The Bertz CT molecular complexity index is 655. The van der Waals surface area contributed by atoms with Crippen molar-refractivity contribution in [2.75, 3.05) is 13.1 Å². The second kappa shape index (κ2) is 6.90. The lowest BCUT2D eigenvalue weighted by Crippen LogP contribution is -2.44. The number of nitrogens with zero attached hydrogens (tertiary/aromatic N) is 4. The van der Waals surface area contributed by atoms with Gasteiger partial charge in [0.05, 0.1) is 11.1 Å². The van der Waals surface area contributed by atoms with Crippen LogP contribution >= 0.6 is 11.6 Å². The minimum atomic E-state index is -1.03. The molecule has 2 atom stereocenters. The van der Waals surface area contributed by atoms with Crippen LogP contribution in [0.4, 0.5) is 4.39 Å². The van der Waals surface area contributed by atoms with Crippen LogP contribution in [0.1, 0.15) is 31.4 Å². The number of nitrogens with one attached hydrogen (secondary N) is 1. The van der Waals surface area contributed by atoms with E-state index in [9.17, 15) is 14.3 Å². The van der Waals surface area contributed by atoms with Crippen molar-refractivity contribution in [1.82, 2.24) is 15.3 Å². The van der Waals surface area contributed by atoms with Gasteiger partial charge in [0, 0.05) is 6.54 Å². The van der Waals surface area contributed by atoms with Gasteiger partial charge in [0.15, 0.2) is 0 Å². The summed E-state index contributed by atoms with van der Waals surface area (Å²) < 4.78 is 13.5. The molecule has 1 aromatic rings. The van der Waals surface area contributed by atoms with Crippen molar-refractivity contribution >= 4 is 17.5 Å². The standard InChI is InChI=1S/C15H19ClFN5O2/c1-9(11-4-5-12(16)13(17)6-11)18-14(23)8-22-15(24)21(19-20-22)7-10-2-3-10/h4-6,9-10,15,24H,2-3,7-8H2,1H3,(H,18,23)/t9-,15?/m0/s1. The predicted octanol–water partition coefficient (Wildman–Crippen LogP) is 2.24. The molecule has 3 rings (SSSR count). The minimum Gasteiger partial charge on any atom is -0.354 e. The molecule has 9 heteroatoms. The van der Waals surface area contributed by atoms with E-state index in [1.54, 1.807) is 13.0 Å². The number of carbonyl (C=O) groups excluding carboxylic acids is 1. The van der Waals surface area contributed by atoms with Crippen molar-refractivity contribution in [3.8, 4) is 0 Å². The maximum atomic E-state index is 13.5. The lowest BCUT2D eigenvalue weighted by Gasteiger charge is -2.23. The highest BCUT2D eigenvalue weighted by Gasteiger charge is 2.34. The fraction of sp³-hybridized carbons (Fsp3) is 0.533. The summed E-state index contributed by atoms with van der Waals surface area (Å²) >= 11 is 5.65. The van der Waals surface area contributed by atoms with Crippen molar-refractivity contribution in [1.29, 1.82) is 0 Å². The molecule has 1 amide bonds. The molecule has 1 aliphatic carbocycles. The summed E-state index contributed by atoms with van der Waals surface area (Å²) in [6.07, 6.45) is 1.24. The summed E-state index contributed by atoms with van der Waals surface area (Å²) in [5.41, 5.74) is 0.601. The van der Waals surface area contributed by atoms with Gasteiger partial charge in [-0.25, -0.2) is 14.4 Å². The van der Waals surface area contributed by atoms with Gasteiger partial charge in [-0.3, -0.25) is 4.79 Å². The molecule has 1 saturated carbocycles. The van der Waals surface area contributed by atoms with E-state index in [1.807, 2.05) is 0 Å². The van der Waals surface area contributed by atoms with Crippen LogP contribution in [0, 0.1) is 11.7 Å². The number of benzene rings is 1. The van der Waals surface area contributed by atoms with Gasteiger partial charge in [-0.15, -0.1) is 0 Å². The van der Waals surface area contributed by atoms with Gasteiger partial charge in [-0.2, -0.15) is 0 Å². The van der Waals surface area contributed by atoms with Gasteiger partial charge in [0.1, 0.15) is 12.4 Å². The summed E-state index contributed by atoms with van der Waals surface area (Å²) in [5.74, 6) is -0.328. The Morgan fingerprint density at radius 1 is 1.46 bits per heavy atom. The van der Waals surface area contributed by atoms with E-state index in [2.05, 4.69) is 15.8 Å². The monoisotopic (exact) mass is 355 g/mol. The molecule has 1 heterocycles. The zero-order valence-corrected chi connectivity index (χ0v) is 13.9. The number of aliphatic hydroxyl groups is 1. The van der Waals surface area contributed by atoms with Gasteiger partial charge in [0.2, 0.25) is 12.3 Å². The summed E-state index contributed by atoms with van der Waals surface area (Å²) in [7, 11) is 0. The molecule has 0 spiro atoms. The van der Waals surface area contributed by atoms with Crippen LogP contribution in [0.2, 0.25) is 5.02 Å². The maximum Gasteiger partial charge on any atom is 0.242 e. The second-order valence-corrected chi connectivity index (χ2v) is 6.56. The number of halogens is 2. The van der Waals surface area contributed by atoms with Crippen molar-refractivity contribution in [3.63, 3.8) is 0 Å². The first-order valence-corrected chi connectivity index (χ1v) is 8.19. The summed E-state index contributed by atoms with van der Waals surface area (Å²) in [4.78, 5) is 12.1. The first-order valence-electron chi connectivity index (χ1n) is 7.81. The van der Waals surface area contributed by atoms with Crippen LogP contribution in [-0.4, -0.2) is 40.5 Å². The van der Waals surface area contributed by atoms with Crippen molar-refractivity contribution < 1.29 is 14.3 Å². The third-order valence-electron chi connectivity index (χ3n) is 4.07. The SMILES string of the molecule is C[C@H](NC(=O)CN1N=NN(CC2CC2)C1O)c1ccc(Cl)c(F)c1. The normalized spacial score (nSPS) is 21.2. The topological polar surface area (TPSA) is 80.5 Å². The minimum absolute atomic E-state index is 0.0358. The Kier molecular flexibility index (Phi) is 4.86. The third-order valence-corrected chi connectivity index (χ3v) is 4.38. The largest absolute Gasteiger partial charge is 0.354 e. The average molecular weight is 356 g/mol. The lowest BCUT2D eigenvalue weighted by molar-refractivity contribution is -0.129. The third kappa shape index (κ3) is 3.93. The first-order chi connectivity index (χ1) is 11.4. The van der Waals surface area contributed by atoms with Gasteiger partial charge in [-0.05, 0) is 53.8 Å². The molecule has 1 aromatic carbocycles. The highest BCUT2D eigenvalue weighted by Crippen LogP contribution is 2.31. The lowest BCUT2D eigenvalue weighted by atomic mass is 10.1. The molecule has 0 aromatic heterocycles. The molecular weight excluding hydrogens is 337 g/mol. The zero-order chi connectivity index (χ0) is 17.3. The van der Waals surface area contributed by atoms with Crippen molar-refractivity contribution in [2.24, 2.45) is 16.4 Å². The van der Waals surface area contributed by atoms with Crippen molar-refractivity contribution in [2.45, 2.75) is 32.2 Å². The first kappa shape index (κ1) is 16.9. The van der Waals surface area contributed by atoms with Crippen LogP contribution in [0.5, 0.6) is 0 Å². The van der Waals surface area contributed by atoms with Gasteiger partial charge < -0.3 is 10.4 Å². The van der Waals surface area contributed by atoms with E-state index in [1.165, 1.54) is 22.2 Å². The van der Waals surface area contributed by atoms with Crippen LogP contribution in [0.15, 0.2) is 28.6 Å². The molecule has 7 nitrogen and oxygen atoms in total. The van der Waals surface area contributed by atoms with E-state index in [0.29, 0.717) is 18.0 Å². The van der Waals surface area contributed by atoms with Crippen molar-refractivity contribution in [3.05, 3.63) is 34.6 Å². The fourth-order valence-corrected chi connectivity index (χ4v) is 2.57. The molecule has 2 aliphatic rings. The molecule has 1 fully saturated rings. The number of aliphatic hydroxyl groups excluding tert-OH is 1. The highest BCUT2D eigenvalue weighted by atomic mass is 35.5. The Labute approximate surface area is 144 Å². The Morgan fingerprint density at radius 2 is 2.17 bits per heavy atom. The number of hydrogen-bond acceptors (Lipinski definition) is 6. The quantitative estimate of drug-likeness (QED) is 0.820. The Balaban J connectivity index is 1.51. The van der Waals surface area contributed by atoms with Gasteiger partial charge >= 0.3 is 0 Å². The second-order valence-electron chi connectivity index (χ2n) is 6.15. The Hall–Kier alpha value is -1.93. The molecule has 2 N–H and O–H groups in total. The van der Waals surface area contributed by atoms with Crippen LogP contribution in [-0.2, 0) is 4.79 Å². The summed E-state index contributed by atoms with van der Waals surface area (Å²) in [6, 6.07) is 3.99. The number of rotatable bonds is 6. The summed E-state index contributed by atoms with van der Waals surface area (Å²) in [6.45, 7) is 2.25. The van der Waals surface area contributed by atoms with Gasteiger partial charge in [-0.1, -0.05) is 17.7 Å². The molecular formula is C15H19ClFN5O2. The van der Waals surface area contributed by atoms with E-state index in [4.69, 9.17) is 11.6 Å². The van der Waals surface area contributed by atoms with Crippen LogP contribution in [0.3, 0.4) is 0 Å². The fourth-order valence-electron chi connectivity index (χ4n) is 2.46. The smallest absolute Gasteiger partial charge is 0.242 e. The molecule has 0 bridgehead atoms. The van der Waals surface area contributed by atoms with Crippen LogP contribution < -0.4 is 5.32 Å². The maximum absolute atomic E-state index is 13.5. The van der Waals surface area contributed by atoms with E-state index >= 15 is 0 Å². The molecule has 1 aliphatic heterocycles. The van der Waals surface area contributed by atoms with Crippen LogP contribution in [0.25, 0.3) is 0 Å². The number of carbonyl (C=O) groups is 1. The average Bonchev–Trinajstić information content (AvgIpc) is 3.29. The molecule has 130 valence electrons. The predicted molar refractivity (Wildman–Crippen MR) is 85.0 cm³/mol.